The minimum Gasteiger partial charge on any atom is -0.376 e. The number of hydrogen-bond acceptors (Lipinski definition) is 3. The van der Waals surface area contributed by atoms with E-state index < -0.39 is 0 Å². The van der Waals surface area contributed by atoms with E-state index in [1.165, 1.54) is 6.20 Å². The van der Waals surface area contributed by atoms with Gasteiger partial charge >= 0.3 is 0 Å². The van der Waals surface area contributed by atoms with Crippen molar-refractivity contribution in [2.45, 2.75) is 13.8 Å². The smallest absolute Gasteiger partial charge is 0.244 e. The molecular formula is C15H16ClN3O. The summed E-state index contributed by atoms with van der Waals surface area (Å²) < 4.78 is 0. The van der Waals surface area contributed by atoms with Crippen LogP contribution in [0, 0.1) is 13.8 Å². The van der Waals surface area contributed by atoms with Crippen molar-refractivity contribution in [2.75, 3.05) is 17.2 Å². The van der Waals surface area contributed by atoms with Gasteiger partial charge in [-0.1, -0.05) is 23.7 Å². The van der Waals surface area contributed by atoms with Crippen LogP contribution in [0.2, 0.25) is 5.02 Å². The number of halogens is 1. The van der Waals surface area contributed by atoms with E-state index in [1.54, 1.807) is 12.1 Å². The summed E-state index contributed by atoms with van der Waals surface area (Å²) in [5.74, 6) is 0.336. The average Bonchev–Trinajstić information content (AvgIpc) is 2.42. The first-order valence-electron chi connectivity index (χ1n) is 6.27. The minimum atomic E-state index is -0.152. The molecule has 0 fully saturated rings. The zero-order valence-corrected chi connectivity index (χ0v) is 12.2. The molecule has 2 rings (SSSR count). The molecule has 0 atom stereocenters. The van der Waals surface area contributed by atoms with Crippen LogP contribution in [0.5, 0.6) is 0 Å². The molecule has 0 bridgehead atoms. The number of carbonyl (C=O) groups excluding carboxylic acids is 1. The summed E-state index contributed by atoms with van der Waals surface area (Å²) in [4.78, 5) is 15.8. The molecule has 2 aromatic rings. The number of rotatable bonds is 4. The third-order valence-corrected chi connectivity index (χ3v) is 3.05. The Morgan fingerprint density at radius 3 is 2.75 bits per heavy atom. The molecule has 0 aliphatic rings. The van der Waals surface area contributed by atoms with Gasteiger partial charge < -0.3 is 10.6 Å². The fourth-order valence-electron chi connectivity index (χ4n) is 1.74. The summed E-state index contributed by atoms with van der Waals surface area (Å²) in [5.41, 5.74) is 3.22. The van der Waals surface area contributed by atoms with Gasteiger partial charge in [0.05, 0.1) is 11.6 Å². The van der Waals surface area contributed by atoms with Gasteiger partial charge in [0.1, 0.15) is 5.82 Å². The van der Waals surface area contributed by atoms with Crippen LogP contribution < -0.4 is 10.6 Å². The van der Waals surface area contributed by atoms with Crippen molar-refractivity contribution in [3.05, 3.63) is 52.7 Å². The first-order chi connectivity index (χ1) is 9.54. The lowest BCUT2D eigenvalue weighted by Crippen LogP contribution is -2.22. The predicted molar refractivity (Wildman–Crippen MR) is 82.3 cm³/mol. The molecule has 4 nitrogen and oxygen atoms in total. The Labute approximate surface area is 123 Å². The number of hydrogen-bond donors (Lipinski definition) is 2. The van der Waals surface area contributed by atoms with E-state index in [2.05, 4.69) is 15.6 Å². The van der Waals surface area contributed by atoms with E-state index in [-0.39, 0.29) is 12.5 Å². The summed E-state index contributed by atoms with van der Waals surface area (Å²) in [6, 6.07) is 9.43. The van der Waals surface area contributed by atoms with E-state index >= 15 is 0 Å². The summed E-state index contributed by atoms with van der Waals surface area (Å²) in [6.07, 6.45) is 1.50. The molecule has 1 amide bonds. The number of nitrogens with one attached hydrogen (secondary N) is 2. The van der Waals surface area contributed by atoms with Crippen molar-refractivity contribution in [3.63, 3.8) is 0 Å². The highest BCUT2D eigenvalue weighted by molar-refractivity contribution is 6.30. The number of benzene rings is 1. The molecule has 0 unspecified atom stereocenters. The summed E-state index contributed by atoms with van der Waals surface area (Å²) in [6.45, 7) is 4.21. The lowest BCUT2D eigenvalue weighted by molar-refractivity contribution is -0.114. The van der Waals surface area contributed by atoms with Gasteiger partial charge in [0.2, 0.25) is 5.91 Å². The predicted octanol–water partition coefficient (Wildman–Crippen LogP) is 3.40. The summed E-state index contributed by atoms with van der Waals surface area (Å²) in [5, 5.41) is 6.36. The second kappa shape index (κ2) is 6.39. The van der Waals surface area contributed by atoms with Crippen molar-refractivity contribution in [1.29, 1.82) is 0 Å². The highest BCUT2D eigenvalue weighted by Gasteiger charge is 2.04. The quantitative estimate of drug-likeness (QED) is 0.907. The van der Waals surface area contributed by atoms with Crippen molar-refractivity contribution >= 4 is 29.0 Å². The second-order valence-electron chi connectivity index (χ2n) is 4.58. The Morgan fingerprint density at radius 1 is 1.25 bits per heavy atom. The topological polar surface area (TPSA) is 54.0 Å². The molecule has 0 saturated carbocycles. The molecule has 104 valence electrons. The van der Waals surface area contributed by atoms with Crippen LogP contribution in [-0.4, -0.2) is 17.4 Å². The summed E-state index contributed by atoms with van der Waals surface area (Å²) >= 11 is 5.73. The molecule has 0 saturated heterocycles. The zero-order valence-electron chi connectivity index (χ0n) is 11.4. The third-order valence-electron chi connectivity index (χ3n) is 2.83. The maximum atomic E-state index is 11.8. The Bertz CT molecular complexity index is 611. The molecule has 1 aromatic carbocycles. The fraction of sp³-hybridized carbons (Fsp3) is 0.200. The van der Waals surface area contributed by atoms with Gasteiger partial charge in [-0.25, -0.2) is 4.98 Å². The van der Waals surface area contributed by atoms with Gasteiger partial charge in [-0.05, 0) is 43.2 Å². The molecule has 1 aromatic heterocycles. The zero-order chi connectivity index (χ0) is 14.5. The lowest BCUT2D eigenvalue weighted by Gasteiger charge is -2.10. The van der Waals surface area contributed by atoms with E-state index in [0.717, 1.165) is 16.8 Å². The fourth-order valence-corrected chi connectivity index (χ4v) is 1.85. The van der Waals surface area contributed by atoms with Crippen molar-refractivity contribution in [1.82, 2.24) is 4.98 Å². The SMILES string of the molecule is Cc1ccc(C)c(NCC(=O)Nc2ccc(Cl)cn2)c1. The summed E-state index contributed by atoms with van der Waals surface area (Å²) in [7, 11) is 0. The molecule has 20 heavy (non-hydrogen) atoms. The van der Waals surface area contributed by atoms with Gasteiger partial charge in [-0.15, -0.1) is 0 Å². The van der Waals surface area contributed by atoms with Crippen molar-refractivity contribution in [2.24, 2.45) is 0 Å². The van der Waals surface area contributed by atoms with Crippen LogP contribution in [0.25, 0.3) is 0 Å². The second-order valence-corrected chi connectivity index (χ2v) is 5.02. The van der Waals surface area contributed by atoms with Gasteiger partial charge in [0.15, 0.2) is 0 Å². The molecule has 1 heterocycles. The number of carbonyl (C=O) groups is 1. The number of aryl methyl sites for hydroxylation is 2. The van der Waals surface area contributed by atoms with Crippen molar-refractivity contribution < 1.29 is 4.79 Å². The van der Waals surface area contributed by atoms with Gasteiger partial charge in [-0.2, -0.15) is 0 Å². The van der Waals surface area contributed by atoms with Crippen molar-refractivity contribution in [3.8, 4) is 0 Å². The number of pyridine rings is 1. The largest absolute Gasteiger partial charge is 0.376 e. The Kier molecular flexibility index (Phi) is 4.58. The average molecular weight is 290 g/mol. The van der Waals surface area contributed by atoms with Crippen LogP contribution >= 0.6 is 11.6 Å². The van der Waals surface area contributed by atoms with Crippen LogP contribution in [0.1, 0.15) is 11.1 Å². The highest BCUT2D eigenvalue weighted by atomic mass is 35.5. The van der Waals surface area contributed by atoms with E-state index in [0.29, 0.717) is 10.8 Å². The molecule has 0 aliphatic heterocycles. The first-order valence-corrected chi connectivity index (χ1v) is 6.65. The van der Waals surface area contributed by atoms with E-state index in [1.807, 2.05) is 32.0 Å². The first kappa shape index (κ1) is 14.3. The lowest BCUT2D eigenvalue weighted by atomic mass is 10.1. The molecular weight excluding hydrogens is 274 g/mol. The van der Waals surface area contributed by atoms with Gasteiger partial charge in [0.25, 0.3) is 0 Å². The third kappa shape index (κ3) is 3.96. The number of aromatic nitrogens is 1. The Balaban J connectivity index is 1.92. The standard InChI is InChI=1S/C15H16ClN3O/c1-10-3-4-11(2)13(7-10)17-9-15(20)19-14-6-5-12(16)8-18-14/h3-8,17H,9H2,1-2H3,(H,18,19,20). The van der Waals surface area contributed by atoms with E-state index in [9.17, 15) is 4.79 Å². The number of anilines is 2. The van der Waals surface area contributed by atoms with Crippen LogP contribution in [0.4, 0.5) is 11.5 Å². The monoisotopic (exact) mass is 289 g/mol. The maximum absolute atomic E-state index is 11.8. The highest BCUT2D eigenvalue weighted by Crippen LogP contribution is 2.16. The molecule has 0 spiro atoms. The number of nitrogens with zero attached hydrogens (tertiary/aromatic N) is 1. The van der Waals surface area contributed by atoms with Crippen LogP contribution in [0.3, 0.4) is 0 Å². The van der Waals surface area contributed by atoms with Gasteiger partial charge in [0, 0.05) is 11.9 Å². The Morgan fingerprint density at radius 2 is 2.05 bits per heavy atom. The molecule has 0 radical (unpaired) electrons. The molecule has 0 aliphatic carbocycles. The van der Waals surface area contributed by atoms with Gasteiger partial charge in [-0.3, -0.25) is 4.79 Å². The van der Waals surface area contributed by atoms with Crippen LogP contribution in [0.15, 0.2) is 36.5 Å². The van der Waals surface area contributed by atoms with E-state index in [4.69, 9.17) is 11.6 Å². The van der Waals surface area contributed by atoms with Crippen LogP contribution in [-0.2, 0) is 4.79 Å². The Hall–Kier alpha value is -2.07. The molecule has 5 heteroatoms. The minimum absolute atomic E-state index is 0.152. The number of amides is 1. The molecule has 2 N–H and O–H groups in total. The maximum Gasteiger partial charge on any atom is 0.244 e. The normalized spacial score (nSPS) is 10.2.